The smallest absolute Gasteiger partial charge is 0.420 e. The van der Waals surface area contributed by atoms with Crippen LogP contribution in [0.5, 0.6) is 5.75 Å². The number of hydrogen-bond acceptors (Lipinski definition) is 4. The SMILES string of the molecule is CCCCCOc1ccc(Nc2ncc(-c3ccccc3)s2)cc1C(F)(F)F. The van der Waals surface area contributed by atoms with E-state index in [9.17, 15) is 13.2 Å². The van der Waals surface area contributed by atoms with Crippen molar-refractivity contribution in [2.45, 2.75) is 32.4 Å². The average molecular weight is 406 g/mol. The number of nitrogens with zero attached hydrogens (tertiary/aromatic N) is 1. The number of ether oxygens (including phenoxy) is 1. The van der Waals surface area contributed by atoms with Crippen molar-refractivity contribution in [1.82, 2.24) is 4.98 Å². The summed E-state index contributed by atoms with van der Waals surface area (Å²) >= 11 is 1.38. The maximum Gasteiger partial charge on any atom is 0.420 e. The van der Waals surface area contributed by atoms with Crippen LogP contribution in [-0.4, -0.2) is 11.6 Å². The van der Waals surface area contributed by atoms with Crippen LogP contribution >= 0.6 is 11.3 Å². The fourth-order valence-electron chi connectivity index (χ4n) is 2.68. The van der Waals surface area contributed by atoms with Gasteiger partial charge in [0.25, 0.3) is 0 Å². The van der Waals surface area contributed by atoms with Crippen LogP contribution in [-0.2, 0) is 6.18 Å². The number of unbranched alkanes of at least 4 members (excludes halogenated alkanes) is 2. The fourth-order valence-corrected chi connectivity index (χ4v) is 3.52. The molecular weight excluding hydrogens is 385 g/mol. The molecule has 1 N–H and O–H groups in total. The van der Waals surface area contributed by atoms with E-state index in [4.69, 9.17) is 4.74 Å². The Morgan fingerprint density at radius 1 is 1.07 bits per heavy atom. The van der Waals surface area contributed by atoms with Crippen molar-refractivity contribution in [1.29, 1.82) is 0 Å². The summed E-state index contributed by atoms with van der Waals surface area (Å²) in [4.78, 5) is 5.21. The molecule has 0 aliphatic heterocycles. The molecule has 0 unspecified atom stereocenters. The highest BCUT2D eigenvalue weighted by atomic mass is 32.1. The Labute approximate surface area is 166 Å². The van der Waals surface area contributed by atoms with E-state index >= 15 is 0 Å². The van der Waals surface area contributed by atoms with E-state index in [1.807, 2.05) is 37.3 Å². The van der Waals surface area contributed by atoms with E-state index in [2.05, 4.69) is 10.3 Å². The zero-order valence-corrected chi connectivity index (χ0v) is 16.2. The second kappa shape index (κ2) is 9.10. The number of nitrogens with one attached hydrogen (secondary N) is 1. The first kappa shape index (κ1) is 20.2. The molecule has 1 aromatic heterocycles. The Morgan fingerprint density at radius 2 is 1.86 bits per heavy atom. The molecule has 0 aliphatic carbocycles. The van der Waals surface area contributed by atoms with Crippen LogP contribution in [0.25, 0.3) is 10.4 Å². The van der Waals surface area contributed by atoms with Gasteiger partial charge in [-0.2, -0.15) is 13.2 Å². The maximum absolute atomic E-state index is 13.4. The third-order valence-corrected chi connectivity index (χ3v) is 5.07. The van der Waals surface area contributed by atoms with Crippen LogP contribution in [0.1, 0.15) is 31.7 Å². The molecule has 0 spiro atoms. The first-order chi connectivity index (χ1) is 13.5. The molecule has 0 bridgehead atoms. The van der Waals surface area contributed by atoms with Crippen LogP contribution in [0, 0.1) is 0 Å². The molecule has 3 rings (SSSR count). The lowest BCUT2D eigenvalue weighted by Gasteiger charge is -2.15. The first-order valence-electron chi connectivity index (χ1n) is 9.09. The second-order valence-corrected chi connectivity index (χ2v) is 7.32. The maximum atomic E-state index is 13.4. The van der Waals surface area contributed by atoms with Crippen molar-refractivity contribution in [3.63, 3.8) is 0 Å². The van der Waals surface area contributed by atoms with Gasteiger partial charge in [-0.25, -0.2) is 4.98 Å². The lowest BCUT2D eigenvalue weighted by atomic mass is 10.1. The monoisotopic (exact) mass is 406 g/mol. The highest BCUT2D eigenvalue weighted by Gasteiger charge is 2.34. The van der Waals surface area contributed by atoms with E-state index < -0.39 is 11.7 Å². The Balaban J connectivity index is 1.76. The summed E-state index contributed by atoms with van der Waals surface area (Å²) < 4.78 is 45.7. The highest BCUT2D eigenvalue weighted by molar-refractivity contribution is 7.18. The molecular formula is C21H21F3N2OS. The summed E-state index contributed by atoms with van der Waals surface area (Å²) in [6, 6.07) is 13.7. The zero-order chi connectivity index (χ0) is 20.0. The molecule has 0 atom stereocenters. The quantitative estimate of drug-likeness (QED) is 0.404. The molecule has 0 aliphatic rings. The molecule has 0 saturated heterocycles. The average Bonchev–Trinajstić information content (AvgIpc) is 3.14. The Hall–Kier alpha value is -2.54. The minimum absolute atomic E-state index is 0.140. The van der Waals surface area contributed by atoms with E-state index in [0.717, 1.165) is 35.8 Å². The summed E-state index contributed by atoms with van der Waals surface area (Å²) in [6.45, 7) is 2.31. The van der Waals surface area contributed by atoms with Crippen LogP contribution in [0.4, 0.5) is 24.0 Å². The molecule has 7 heteroatoms. The largest absolute Gasteiger partial charge is 0.493 e. The summed E-state index contributed by atoms with van der Waals surface area (Å²) in [5, 5.41) is 3.49. The minimum Gasteiger partial charge on any atom is -0.493 e. The Kier molecular flexibility index (Phi) is 6.57. The predicted molar refractivity (Wildman–Crippen MR) is 107 cm³/mol. The number of halogens is 3. The lowest BCUT2D eigenvalue weighted by Crippen LogP contribution is -2.10. The number of benzene rings is 2. The third kappa shape index (κ3) is 5.25. The van der Waals surface area contributed by atoms with Crippen molar-refractivity contribution < 1.29 is 17.9 Å². The highest BCUT2D eigenvalue weighted by Crippen LogP contribution is 2.39. The van der Waals surface area contributed by atoms with Gasteiger partial charge in [0, 0.05) is 11.9 Å². The van der Waals surface area contributed by atoms with Crippen LogP contribution in [0.3, 0.4) is 0 Å². The van der Waals surface area contributed by atoms with Gasteiger partial charge in [0.2, 0.25) is 0 Å². The first-order valence-corrected chi connectivity index (χ1v) is 9.91. The summed E-state index contributed by atoms with van der Waals surface area (Å²) in [5.41, 5.74) is 0.552. The number of thiazole rings is 1. The number of anilines is 2. The Morgan fingerprint density at radius 3 is 2.57 bits per heavy atom. The van der Waals surface area contributed by atoms with E-state index in [0.29, 0.717) is 10.8 Å². The van der Waals surface area contributed by atoms with Gasteiger partial charge in [-0.3, -0.25) is 0 Å². The summed E-state index contributed by atoms with van der Waals surface area (Å²) in [6.07, 6.45) is -0.144. The van der Waals surface area contributed by atoms with Gasteiger partial charge in [-0.1, -0.05) is 61.4 Å². The van der Waals surface area contributed by atoms with Gasteiger partial charge in [-0.15, -0.1) is 0 Å². The van der Waals surface area contributed by atoms with Gasteiger partial charge in [0.15, 0.2) is 5.13 Å². The molecule has 0 radical (unpaired) electrons. The van der Waals surface area contributed by atoms with Gasteiger partial charge in [-0.05, 0) is 30.2 Å². The molecule has 1 heterocycles. The second-order valence-electron chi connectivity index (χ2n) is 6.28. The standard InChI is InChI=1S/C21H21F3N2OS/c1-2-3-7-12-27-18-11-10-16(13-17(18)21(22,23)24)26-20-25-14-19(28-20)15-8-5-4-6-9-15/h4-6,8-11,13-14H,2-3,7,12H2,1H3,(H,25,26). The van der Waals surface area contributed by atoms with Crippen molar-refractivity contribution in [3.8, 4) is 16.2 Å². The Bertz CT molecular complexity index is 894. The molecule has 2 aromatic carbocycles. The lowest BCUT2D eigenvalue weighted by molar-refractivity contribution is -0.138. The van der Waals surface area contributed by atoms with Gasteiger partial charge < -0.3 is 10.1 Å². The minimum atomic E-state index is -4.49. The third-order valence-electron chi connectivity index (χ3n) is 4.11. The number of aromatic nitrogens is 1. The van der Waals surface area contributed by atoms with Crippen molar-refractivity contribution >= 4 is 22.2 Å². The van der Waals surface area contributed by atoms with Crippen LogP contribution in [0.15, 0.2) is 54.7 Å². The van der Waals surface area contributed by atoms with Gasteiger partial charge in [0.05, 0.1) is 17.0 Å². The van der Waals surface area contributed by atoms with E-state index in [1.165, 1.54) is 17.4 Å². The molecule has 0 saturated carbocycles. The molecule has 148 valence electrons. The van der Waals surface area contributed by atoms with Gasteiger partial charge in [0.1, 0.15) is 5.75 Å². The number of rotatable bonds is 8. The normalized spacial score (nSPS) is 11.4. The van der Waals surface area contributed by atoms with Crippen molar-refractivity contribution in [2.24, 2.45) is 0 Å². The van der Waals surface area contributed by atoms with Crippen LogP contribution in [0.2, 0.25) is 0 Å². The van der Waals surface area contributed by atoms with E-state index in [-0.39, 0.29) is 12.4 Å². The van der Waals surface area contributed by atoms with E-state index in [1.54, 1.807) is 12.3 Å². The molecule has 0 amide bonds. The van der Waals surface area contributed by atoms with Crippen molar-refractivity contribution in [3.05, 3.63) is 60.3 Å². The van der Waals surface area contributed by atoms with Gasteiger partial charge >= 0.3 is 6.18 Å². The van der Waals surface area contributed by atoms with Crippen LogP contribution < -0.4 is 10.1 Å². The number of alkyl halides is 3. The van der Waals surface area contributed by atoms with Crippen molar-refractivity contribution in [2.75, 3.05) is 11.9 Å². The predicted octanol–water partition coefficient (Wildman–Crippen LogP) is 7.14. The topological polar surface area (TPSA) is 34.1 Å². The molecule has 3 nitrogen and oxygen atoms in total. The summed E-state index contributed by atoms with van der Waals surface area (Å²) in [7, 11) is 0. The fraction of sp³-hybridized carbons (Fsp3) is 0.286. The molecule has 3 aromatic rings. The number of hydrogen-bond donors (Lipinski definition) is 1. The zero-order valence-electron chi connectivity index (χ0n) is 15.4. The molecule has 0 fully saturated rings. The summed E-state index contributed by atoms with van der Waals surface area (Å²) in [5.74, 6) is -0.140. The molecule has 28 heavy (non-hydrogen) atoms.